The molecule has 0 aliphatic carbocycles. The Morgan fingerprint density at radius 1 is 1.45 bits per heavy atom. The van der Waals surface area contributed by atoms with Crippen molar-refractivity contribution in [2.75, 3.05) is 26.8 Å². The van der Waals surface area contributed by atoms with E-state index in [2.05, 4.69) is 10.6 Å². The Labute approximate surface area is 140 Å². The van der Waals surface area contributed by atoms with Crippen LogP contribution in [-0.4, -0.2) is 38.3 Å². The van der Waals surface area contributed by atoms with Gasteiger partial charge in [0.1, 0.15) is 0 Å². The van der Waals surface area contributed by atoms with Gasteiger partial charge in [0.2, 0.25) is 0 Å². The Kier molecular flexibility index (Phi) is 5.81. The number of fused-ring (bicyclic) bond motifs is 1. The van der Waals surface area contributed by atoms with Crippen molar-refractivity contribution >= 4 is 39.7 Å². The molecule has 0 saturated carbocycles. The van der Waals surface area contributed by atoms with Gasteiger partial charge in [0, 0.05) is 29.1 Å². The quantitative estimate of drug-likeness (QED) is 0.880. The maximum Gasteiger partial charge on any atom is 0.252 e. The fourth-order valence-corrected chi connectivity index (χ4v) is 3.91. The predicted molar refractivity (Wildman–Crippen MR) is 93.2 cm³/mol. The predicted octanol–water partition coefficient (Wildman–Crippen LogP) is 2.82. The number of rotatable bonds is 5. The minimum atomic E-state index is -0.115. The summed E-state index contributed by atoms with van der Waals surface area (Å²) in [5, 5.41) is 9.51. The third kappa shape index (κ3) is 3.43. The summed E-state index contributed by atoms with van der Waals surface area (Å²) in [5.41, 5.74) is 0.650. The Hall–Kier alpha value is -1.14. The number of ether oxygens (including phenoxy) is 1. The monoisotopic (exact) mass is 340 g/mol. The van der Waals surface area contributed by atoms with E-state index < -0.39 is 0 Å². The maximum atomic E-state index is 12.4. The van der Waals surface area contributed by atoms with Crippen molar-refractivity contribution in [3.63, 3.8) is 0 Å². The van der Waals surface area contributed by atoms with E-state index in [1.54, 1.807) is 18.4 Å². The third-order valence-electron chi connectivity index (χ3n) is 4.07. The number of thiophene rings is 1. The summed E-state index contributed by atoms with van der Waals surface area (Å²) in [7, 11) is 1.70. The zero-order valence-corrected chi connectivity index (χ0v) is 14.2. The van der Waals surface area contributed by atoms with Crippen molar-refractivity contribution in [2.24, 2.45) is 0 Å². The van der Waals surface area contributed by atoms with Crippen LogP contribution in [0.5, 0.6) is 0 Å². The lowest BCUT2D eigenvalue weighted by Crippen LogP contribution is -2.52. The van der Waals surface area contributed by atoms with Crippen LogP contribution in [-0.2, 0) is 4.74 Å². The van der Waals surface area contributed by atoms with Gasteiger partial charge >= 0.3 is 0 Å². The Morgan fingerprint density at radius 2 is 2.27 bits per heavy atom. The number of halogens is 1. The summed E-state index contributed by atoms with van der Waals surface area (Å²) < 4.78 is 6.46. The molecule has 0 bridgehead atoms. The molecule has 1 amide bonds. The molecular formula is C16H21ClN2O2S. The average molecular weight is 341 g/mol. The van der Waals surface area contributed by atoms with Crippen molar-refractivity contribution in [1.82, 2.24) is 10.6 Å². The second-order valence-electron chi connectivity index (χ2n) is 5.57. The highest BCUT2D eigenvalue weighted by molar-refractivity contribution is 7.17. The molecule has 1 unspecified atom stereocenters. The molecule has 6 heteroatoms. The number of benzene rings is 1. The Morgan fingerprint density at radius 3 is 3.00 bits per heavy atom. The van der Waals surface area contributed by atoms with Crippen molar-refractivity contribution in [3.05, 3.63) is 35.2 Å². The molecule has 4 nitrogen and oxygen atoms in total. The van der Waals surface area contributed by atoms with Crippen LogP contribution in [0.25, 0.3) is 10.1 Å². The molecule has 2 aromatic rings. The first-order valence-corrected chi connectivity index (χ1v) is 8.10. The second kappa shape index (κ2) is 7.42. The molecule has 0 radical (unpaired) electrons. The number of hydrogen-bond donors (Lipinski definition) is 2. The first kappa shape index (κ1) is 17.2. The maximum absolute atomic E-state index is 12.4. The van der Waals surface area contributed by atoms with Gasteiger partial charge in [0.15, 0.2) is 0 Å². The van der Waals surface area contributed by atoms with Gasteiger partial charge in [-0.25, -0.2) is 0 Å². The molecule has 3 rings (SSSR count). The Balaban J connectivity index is 0.00000176. The van der Waals surface area contributed by atoms with Crippen LogP contribution in [0.3, 0.4) is 0 Å². The van der Waals surface area contributed by atoms with Gasteiger partial charge in [-0.15, -0.1) is 23.7 Å². The lowest BCUT2D eigenvalue weighted by molar-refractivity contribution is 0.0894. The van der Waals surface area contributed by atoms with Crippen LogP contribution >= 0.6 is 23.7 Å². The highest BCUT2D eigenvalue weighted by Crippen LogP contribution is 2.26. The van der Waals surface area contributed by atoms with Gasteiger partial charge in [-0.1, -0.05) is 18.2 Å². The zero-order valence-electron chi connectivity index (χ0n) is 12.6. The van der Waals surface area contributed by atoms with Crippen molar-refractivity contribution in [3.8, 4) is 0 Å². The molecular weight excluding hydrogens is 320 g/mol. The van der Waals surface area contributed by atoms with Gasteiger partial charge in [-0.05, 0) is 25.5 Å². The van der Waals surface area contributed by atoms with Crippen LogP contribution in [0.1, 0.15) is 23.2 Å². The molecule has 1 aliphatic heterocycles. The molecule has 1 fully saturated rings. The zero-order chi connectivity index (χ0) is 14.7. The van der Waals surface area contributed by atoms with Crippen molar-refractivity contribution in [2.45, 2.75) is 18.4 Å². The molecule has 120 valence electrons. The first-order chi connectivity index (χ1) is 10.2. The van der Waals surface area contributed by atoms with Gasteiger partial charge in [0.25, 0.3) is 5.91 Å². The number of hydrogen-bond acceptors (Lipinski definition) is 4. The summed E-state index contributed by atoms with van der Waals surface area (Å²) in [6.45, 7) is 2.21. The van der Waals surface area contributed by atoms with E-state index in [0.717, 1.165) is 35.0 Å². The van der Waals surface area contributed by atoms with Crippen LogP contribution in [0.4, 0.5) is 0 Å². The lowest BCUT2D eigenvalue weighted by Gasteiger charge is -2.28. The van der Waals surface area contributed by atoms with E-state index in [-0.39, 0.29) is 23.9 Å². The smallest absolute Gasteiger partial charge is 0.252 e. The van der Waals surface area contributed by atoms with Gasteiger partial charge < -0.3 is 15.4 Å². The fourth-order valence-electron chi connectivity index (χ4n) is 2.97. The first-order valence-electron chi connectivity index (χ1n) is 7.22. The van der Waals surface area contributed by atoms with E-state index >= 15 is 0 Å². The molecule has 1 aromatic carbocycles. The number of carbonyl (C=O) groups excluding carboxylic acids is 1. The van der Waals surface area contributed by atoms with Crippen molar-refractivity contribution in [1.29, 1.82) is 0 Å². The normalized spacial score (nSPS) is 20.8. The molecule has 1 aliphatic rings. The average Bonchev–Trinajstić information content (AvgIpc) is 3.12. The summed E-state index contributed by atoms with van der Waals surface area (Å²) in [6.07, 6.45) is 2.16. The highest BCUT2D eigenvalue weighted by Gasteiger charge is 2.33. The topological polar surface area (TPSA) is 50.4 Å². The number of amides is 1. The minimum Gasteiger partial charge on any atom is -0.383 e. The molecule has 1 atom stereocenters. The van der Waals surface area contributed by atoms with Crippen LogP contribution < -0.4 is 10.6 Å². The molecule has 1 saturated heterocycles. The van der Waals surface area contributed by atoms with Gasteiger partial charge in [0.05, 0.1) is 17.7 Å². The van der Waals surface area contributed by atoms with E-state index in [0.29, 0.717) is 13.2 Å². The lowest BCUT2D eigenvalue weighted by atomic mass is 9.98. The van der Waals surface area contributed by atoms with E-state index in [4.69, 9.17) is 4.74 Å². The van der Waals surface area contributed by atoms with Crippen LogP contribution in [0, 0.1) is 0 Å². The molecule has 2 heterocycles. The number of methoxy groups -OCH3 is 1. The molecule has 22 heavy (non-hydrogen) atoms. The molecule has 0 spiro atoms. The van der Waals surface area contributed by atoms with Gasteiger partial charge in [-0.3, -0.25) is 4.79 Å². The summed E-state index contributed by atoms with van der Waals surface area (Å²) in [4.78, 5) is 12.4. The third-order valence-corrected chi connectivity index (χ3v) is 5.03. The van der Waals surface area contributed by atoms with E-state index in [1.807, 2.05) is 29.6 Å². The number of nitrogens with one attached hydrogen (secondary N) is 2. The molecule has 2 N–H and O–H groups in total. The SMILES string of the molecule is COCC1(CNC(=O)c2csc3ccccc23)CCCN1.Cl. The largest absolute Gasteiger partial charge is 0.383 e. The van der Waals surface area contributed by atoms with Gasteiger partial charge in [-0.2, -0.15) is 0 Å². The van der Waals surface area contributed by atoms with E-state index in [9.17, 15) is 4.79 Å². The standard InChI is InChI=1S/C16H20N2O2S.ClH/c1-20-11-16(7-4-8-18-16)10-17-15(19)13-9-21-14-6-3-2-5-12(13)14;/h2-3,5-6,9,18H,4,7-8,10-11H2,1H3,(H,17,19);1H. The summed E-state index contributed by atoms with van der Waals surface area (Å²) in [6, 6.07) is 8.01. The second-order valence-corrected chi connectivity index (χ2v) is 6.48. The summed E-state index contributed by atoms with van der Waals surface area (Å²) in [5.74, 6) is -0.00312. The fraction of sp³-hybridized carbons (Fsp3) is 0.438. The van der Waals surface area contributed by atoms with Crippen molar-refractivity contribution < 1.29 is 9.53 Å². The number of carbonyl (C=O) groups is 1. The minimum absolute atomic E-state index is 0. The summed E-state index contributed by atoms with van der Waals surface area (Å²) >= 11 is 1.61. The van der Waals surface area contributed by atoms with Crippen LogP contribution in [0.2, 0.25) is 0 Å². The molecule has 1 aromatic heterocycles. The Bertz CT molecular complexity index is 638. The van der Waals surface area contributed by atoms with E-state index in [1.165, 1.54) is 0 Å². The van der Waals surface area contributed by atoms with Crippen LogP contribution in [0.15, 0.2) is 29.6 Å². The highest BCUT2D eigenvalue weighted by atomic mass is 35.5.